The maximum atomic E-state index is 11.9. The molecule has 27 heavy (non-hydrogen) atoms. The molecule has 6 heteroatoms. The number of anilines is 1. The molecule has 0 radical (unpaired) electrons. The van der Waals surface area contributed by atoms with Crippen LogP contribution in [0.2, 0.25) is 0 Å². The molecule has 0 spiro atoms. The van der Waals surface area contributed by atoms with E-state index in [0.29, 0.717) is 28.0 Å². The number of hydrogen-bond acceptors (Lipinski definition) is 6. The van der Waals surface area contributed by atoms with Gasteiger partial charge in [-0.3, -0.25) is 0 Å². The fourth-order valence-corrected chi connectivity index (χ4v) is 3.34. The van der Waals surface area contributed by atoms with E-state index in [0.717, 1.165) is 31.6 Å². The van der Waals surface area contributed by atoms with Crippen molar-refractivity contribution in [2.45, 2.75) is 32.7 Å². The molecule has 1 aromatic rings. The van der Waals surface area contributed by atoms with Gasteiger partial charge in [0.25, 0.3) is 0 Å². The van der Waals surface area contributed by atoms with Crippen LogP contribution in [0.4, 0.5) is 5.69 Å². The lowest BCUT2D eigenvalue weighted by Gasteiger charge is -2.35. The van der Waals surface area contributed by atoms with Crippen LogP contribution in [0.1, 0.15) is 41.3 Å². The number of piperidine rings is 1. The number of likely N-dealkylation sites (tertiary alicyclic amines) is 1. The van der Waals surface area contributed by atoms with Gasteiger partial charge in [0, 0.05) is 24.8 Å². The van der Waals surface area contributed by atoms with Crippen LogP contribution in [-0.4, -0.2) is 37.1 Å². The topological polar surface area (TPSA) is 89.2 Å². The molecule has 1 heterocycles. The number of allylic oxidation sites excluding steroid dienone is 2. The molecule has 0 aliphatic carbocycles. The zero-order valence-electron chi connectivity index (χ0n) is 16.0. The molecule has 0 saturated carbocycles. The Morgan fingerprint density at radius 2 is 2.04 bits per heavy atom. The number of methoxy groups -OCH3 is 1. The first-order valence-electron chi connectivity index (χ1n) is 8.85. The van der Waals surface area contributed by atoms with Crippen molar-refractivity contribution < 1.29 is 9.53 Å². The highest BCUT2D eigenvalue weighted by Gasteiger charge is 2.23. The van der Waals surface area contributed by atoms with Crippen molar-refractivity contribution >= 4 is 11.7 Å². The molecule has 2 rings (SSSR count). The van der Waals surface area contributed by atoms with Crippen molar-refractivity contribution in [3.63, 3.8) is 0 Å². The summed E-state index contributed by atoms with van der Waals surface area (Å²) in [5.74, 6) is -0.414. The summed E-state index contributed by atoms with van der Waals surface area (Å²) in [6.07, 6.45) is 3.61. The SMILES string of the molecule is C=C(C#N)/C(=C\C)N1CCC(Nc2cc(C(=O)OC)c(C)cc2C#N)CC1. The first kappa shape index (κ1) is 20.1. The van der Waals surface area contributed by atoms with Crippen LogP contribution in [0.25, 0.3) is 0 Å². The molecule has 0 unspecified atom stereocenters. The van der Waals surface area contributed by atoms with Gasteiger partial charge in [-0.1, -0.05) is 12.7 Å². The predicted molar refractivity (Wildman–Crippen MR) is 104 cm³/mol. The summed E-state index contributed by atoms with van der Waals surface area (Å²) in [7, 11) is 1.34. The first-order chi connectivity index (χ1) is 12.9. The van der Waals surface area contributed by atoms with Gasteiger partial charge in [0.05, 0.1) is 29.5 Å². The Balaban J connectivity index is 2.13. The third kappa shape index (κ3) is 4.48. The minimum absolute atomic E-state index is 0.176. The van der Waals surface area contributed by atoms with Crippen molar-refractivity contribution in [3.8, 4) is 12.1 Å². The molecule has 0 atom stereocenters. The second kappa shape index (κ2) is 8.91. The van der Waals surface area contributed by atoms with Gasteiger partial charge >= 0.3 is 5.97 Å². The van der Waals surface area contributed by atoms with E-state index in [9.17, 15) is 10.1 Å². The van der Waals surface area contributed by atoms with Crippen LogP contribution in [0.5, 0.6) is 0 Å². The van der Waals surface area contributed by atoms with Crippen molar-refractivity contribution in [3.05, 3.63) is 52.7 Å². The number of ether oxygens (including phenoxy) is 1. The smallest absolute Gasteiger partial charge is 0.338 e. The molecule has 1 aromatic carbocycles. The quantitative estimate of drug-likeness (QED) is 0.488. The van der Waals surface area contributed by atoms with Gasteiger partial charge in [0.2, 0.25) is 0 Å². The maximum Gasteiger partial charge on any atom is 0.338 e. The van der Waals surface area contributed by atoms with Gasteiger partial charge in [0.15, 0.2) is 0 Å². The third-order valence-electron chi connectivity index (χ3n) is 4.80. The lowest BCUT2D eigenvalue weighted by atomic mass is 9.99. The largest absolute Gasteiger partial charge is 0.465 e. The van der Waals surface area contributed by atoms with Crippen LogP contribution in [-0.2, 0) is 4.74 Å². The van der Waals surface area contributed by atoms with Crippen molar-refractivity contribution in [1.29, 1.82) is 10.5 Å². The molecule has 1 saturated heterocycles. The predicted octanol–water partition coefficient (Wildman–Crippen LogP) is 3.51. The zero-order valence-corrected chi connectivity index (χ0v) is 16.0. The van der Waals surface area contributed by atoms with Gasteiger partial charge < -0.3 is 15.0 Å². The number of esters is 1. The Morgan fingerprint density at radius 3 is 2.56 bits per heavy atom. The molecular weight excluding hydrogens is 340 g/mol. The number of carbonyl (C=O) groups is 1. The van der Waals surface area contributed by atoms with Gasteiger partial charge in [-0.15, -0.1) is 0 Å². The molecule has 1 aliphatic rings. The standard InChI is InChI=1S/C21H24N4O2/c1-5-20(15(3)12-22)25-8-6-17(7-9-25)24-19-11-18(21(26)27-4)14(2)10-16(19)13-23/h5,10-11,17,24H,3,6-9H2,1-2,4H3/b20-5+. The Bertz CT molecular complexity index is 850. The van der Waals surface area contributed by atoms with E-state index in [-0.39, 0.29) is 6.04 Å². The molecular formula is C21H24N4O2. The van der Waals surface area contributed by atoms with Crippen LogP contribution >= 0.6 is 0 Å². The van der Waals surface area contributed by atoms with E-state index in [4.69, 9.17) is 10.00 Å². The highest BCUT2D eigenvalue weighted by molar-refractivity contribution is 5.92. The second-order valence-corrected chi connectivity index (χ2v) is 6.49. The van der Waals surface area contributed by atoms with Gasteiger partial charge in [-0.2, -0.15) is 10.5 Å². The van der Waals surface area contributed by atoms with E-state index < -0.39 is 5.97 Å². The number of benzene rings is 1. The highest BCUT2D eigenvalue weighted by Crippen LogP contribution is 2.26. The lowest BCUT2D eigenvalue weighted by Crippen LogP contribution is -2.39. The molecule has 140 valence electrons. The summed E-state index contributed by atoms with van der Waals surface area (Å²) in [6, 6.07) is 7.87. The van der Waals surface area contributed by atoms with Gasteiger partial charge in [-0.25, -0.2) is 4.79 Å². The van der Waals surface area contributed by atoms with Crippen molar-refractivity contribution in [2.24, 2.45) is 0 Å². The fraction of sp³-hybridized carbons (Fsp3) is 0.381. The van der Waals surface area contributed by atoms with Gasteiger partial charge in [-0.05, 0) is 44.4 Å². The minimum atomic E-state index is -0.414. The van der Waals surface area contributed by atoms with Crippen molar-refractivity contribution in [1.82, 2.24) is 4.90 Å². The van der Waals surface area contributed by atoms with Crippen LogP contribution in [0, 0.1) is 29.6 Å². The molecule has 0 aromatic heterocycles. The Morgan fingerprint density at radius 1 is 1.37 bits per heavy atom. The van der Waals surface area contributed by atoms with Gasteiger partial charge in [0.1, 0.15) is 12.1 Å². The Hall–Kier alpha value is -3.25. The highest BCUT2D eigenvalue weighted by atomic mass is 16.5. The first-order valence-corrected chi connectivity index (χ1v) is 8.85. The third-order valence-corrected chi connectivity index (χ3v) is 4.80. The van der Waals surface area contributed by atoms with Crippen LogP contribution in [0.3, 0.4) is 0 Å². The number of nitrogens with one attached hydrogen (secondary N) is 1. The number of aryl methyl sites for hydroxylation is 1. The number of nitriles is 2. The van der Waals surface area contributed by atoms with Crippen LogP contribution < -0.4 is 5.32 Å². The number of carbonyl (C=O) groups excluding carboxylic acids is 1. The number of rotatable bonds is 5. The Labute approximate surface area is 160 Å². The summed E-state index contributed by atoms with van der Waals surface area (Å²) >= 11 is 0. The molecule has 0 bridgehead atoms. The average Bonchev–Trinajstić information content (AvgIpc) is 2.69. The summed E-state index contributed by atoms with van der Waals surface area (Å²) in [6.45, 7) is 9.07. The summed E-state index contributed by atoms with van der Waals surface area (Å²) in [4.78, 5) is 14.1. The monoisotopic (exact) mass is 364 g/mol. The summed E-state index contributed by atoms with van der Waals surface area (Å²) < 4.78 is 4.82. The molecule has 1 fully saturated rings. The molecule has 1 N–H and O–H groups in total. The number of hydrogen-bond donors (Lipinski definition) is 1. The molecule has 1 aliphatic heterocycles. The molecule has 6 nitrogen and oxygen atoms in total. The van der Waals surface area contributed by atoms with E-state index in [1.807, 2.05) is 13.0 Å². The fourth-order valence-electron chi connectivity index (χ4n) is 3.34. The average molecular weight is 364 g/mol. The van der Waals surface area contributed by atoms with E-state index in [2.05, 4.69) is 28.9 Å². The van der Waals surface area contributed by atoms with E-state index >= 15 is 0 Å². The zero-order chi connectivity index (χ0) is 20.0. The lowest BCUT2D eigenvalue weighted by molar-refractivity contribution is 0.0600. The number of nitrogens with zero attached hydrogens (tertiary/aromatic N) is 3. The second-order valence-electron chi connectivity index (χ2n) is 6.49. The summed E-state index contributed by atoms with van der Waals surface area (Å²) in [5, 5.41) is 21.9. The van der Waals surface area contributed by atoms with E-state index in [1.54, 1.807) is 19.1 Å². The minimum Gasteiger partial charge on any atom is -0.465 e. The van der Waals surface area contributed by atoms with E-state index in [1.165, 1.54) is 7.11 Å². The van der Waals surface area contributed by atoms with Crippen molar-refractivity contribution in [2.75, 3.05) is 25.5 Å². The molecule has 0 amide bonds. The normalized spacial score (nSPS) is 14.9. The van der Waals surface area contributed by atoms with Crippen LogP contribution in [0.15, 0.2) is 36.1 Å². The Kier molecular flexibility index (Phi) is 6.62. The maximum absolute atomic E-state index is 11.9. The summed E-state index contributed by atoms with van der Waals surface area (Å²) in [5.41, 5.74) is 3.67.